The van der Waals surface area contributed by atoms with Crippen LogP contribution in [0.15, 0.2) is 30.3 Å². The van der Waals surface area contributed by atoms with Crippen LogP contribution in [0.2, 0.25) is 0 Å². The molecule has 0 spiro atoms. The van der Waals surface area contributed by atoms with Gasteiger partial charge in [-0.25, -0.2) is 4.79 Å². The number of halogens is 1. The molecule has 1 N–H and O–H groups in total. The van der Waals surface area contributed by atoms with Crippen LogP contribution < -0.4 is 0 Å². The summed E-state index contributed by atoms with van der Waals surface area (Å²) >= 11 is 3.71. The van der Waals surface area contributed by atoms with Crippen molar-refractivity contribution in [3.63, 3.8) is 0 Å². The minimum Gasteiger partial charge on any atom is -0.464 e. The van der Waals surface area contributed by atoms with Gasteiger partial charge in [-0.1, -0.05) is 65.5 Å². The Morgan fingerprint density at radius 1 is 1.08 bits per heavy atom. The van der Waals surface area contributed by atoms with E-state index in [0.29, 0.717) is 23.1 Å². The summed E-state index contributed by atoms with van der Waals surface area (Å²) in [5.41, 5.74) is 0.567. The topological polar surface area (TPSA) is 55.8 Å². The molecule has 0 unspecified atom stereocenters. The monoisotopic (exact) mass is 412 g/mol. The fraction of sp³-hybridized carbons (Fsp3) is 0.650. The molecular weight excluding hydrogens is 384 g/mol. The maximum absolute atomic E-state index is 11.8. The van der Waals surface area contributed by atoms with Gasteiger partial charge in [-0.15, -0.1) is 0 Å². The first-order chi connectivity index (χ1) is 12.2. The number of ether oxygens (including phenoxy) is 2. The fourth-order valence-electron chi connectivity index (χ4n) is 3.05. The van der Waals surface area contributed by atoms with E-state index in [2.05, 4.69) is 15.9 Å². The number of hydrogen-bond donors (Lipinski definition) is 1. The predicted molar refractivity (Wildman–Crippen MR) is 102 cm³/mol. The van der Waals surface area contributed by atoms with Gasteiger partial charge in [0.1, 0.15) is 0 Å². The van der Waals surface area contributed by atoms with Crippen molar-refractivity contribution in [2.45, 2.75) is 68.4 Å². The van der Waals surface area contributed by atoms with Crippen LogP contribution in [0.5, 0.6) is 0 Å². The Labute approximate surface area is 159 Å². The summed E-state index contributed by atoms with van der Waals surface area (Å²) < 4.78 is 11.1. The number of benzene rings is 1. The Hall–Kier alpha value is -0.910. The molecule has 1 fully saturated rings. The number of hydrogen-bond acceptors (Lipinski definition) is 4. The molecule has 0 amide bonds. The van der Waals surface area contributed by atoms with Crippen LogP contribution in [0.4, 0.5) is 0 Å². The zero-order chi connectivity index (χ0) is 17.9. The van der Waals surface area contributed by atoms with Crippen molar-refractivity contribution in [1.82, 2.24) is 0 Å². The normalized spacial score (nSPS) is 21.7. The molecule has 0 radical (unpaired) electrons. The highest BCUT2D eigenvalue weighted by Gasteiger charge is 2.22. The van der Waals surface area contributed by atoms with Crippen LogP contribution in [-0.4, -0.2) is 35.2 Å². The van der Waals surface area contributed by atoms with Crippen LogP contribution in [-0.2, 0) is 14.3 Å². The number of alkyl halides is 1. The third-order valence-corrected chi connectivity index (χ3v) is 5.62. The second-order valence-electron chi connectivity index (χ2n) is 6.60. The lowest BCUT2D eigenvalue weighted by Gasteiger charge is -2.27. The SMILES string of the molecule is O=C(OCCCCCCO[C@@H]1CCCC[C@H]1Br)[C@H](O)c1ccccc1. The number of esters is 1. The molecular formula is C20H29BrO4. The van der Waals surface area contributed by atoms with E-state index < -0.39 is 12.1 Å². The van der Waals surface area contributed by atoms with E-state index in [1.807, 2.05) is 6.07 Å². The maximum atomic E-state index is 11.8. The first-order valence-electron chi connectivity index (χ1n) is 9.34. The summed E-state index contributed by atoms with van der Waals surface area (Å²) in [7, 11) is 0. The zero-order valence-electron chi connectivity index (χ0n) is 14.7. The smallest absolute Gasteiger partial charge is 0.339 e. The van der Waals surface area contributed by atoms with Gasteiger partial charge < -0.3 is 14.6 Å². The summed E-state index contributed by atoms with van der Waals surface area (Å²) in [4.78, 5) is 12.3. The molecule has 4 nitrogen and oxygen atoms in total. The highest BCUT2D eigenvalue weighted by Crippen LogP contribution is 2.27. The standard InChI is InChI=1S/C20H29BrO4/c21-17-12-6-7-13-18(17)24-14-8-1-2-9-15-25-20(23)19(22)16-10-4-3-5-11-16/h3-5,10-11,17-19,22H,1-2,6-9,12-15H2/t17-,18-,19-/m1/s1. The van der Waals surface area contributed by atoms with Crippen LogP contribution in [0.3, 0.4) is 0 Å². The molecule has 25 heavy (non-hydrogen) atoms. The molecule has 0 bridgehead atoms. The highest BCUT2D eigenvalue weighted by molar-refractivity contribution is 9.09. The maximum Gasteiger partial charge on any atom is 0.339 e. The molecule has 1 aromatic carbocycles. The third-order valence-electron chi connectivity index (χ3n) is 4.58. The predicted octanol–water partition coefficient (Wildman–Crippen LogP) is 4.55. The van der Waals surface area contributed by atoms with Crippen molar-refractivity contribution in [2.75, 3.05) is 13.2 Å². The summed E-state index contributed by atoms with van der Waals surface area (Å²) in [5.74, 6) is -0.574. The molecule has 0 aliphatic heterocycles. The van der Waals surface area contributed by atoms with E-state index in [-0.39, 0.29) is 0 Å². The van der Waals surface area contributed by atoms with Gasteiger partial charge in [-0.2, -0.15) is 0 Å². The van der Waals surface area contributed by atoms with Crippen molar-refractivity contribution < 1.29 is 19.4 Å². The molecule has 1 aliphatic rings. The first kappa shape index (κ1) is 20.4. The van der Waals surface area contributed by atoms with Crippen molar-refractivity contribution in [3.8, 4) is 0 Å². The minimum atomic E-state index is -1.19. The minimum absolute atomic E-state index is 0.357. The summed E-state index contributed by atoms with van der Waals surface area (Å²) in [6, 6.07) is 8.86. The number of carbonyl (C=O) groups is 1. The molecule has 5 heteroatoms. The molecule has 3 atom stereocenters. The Morgan fingerprint density at radius 2 is 1.76 bits per heavy atom. The van der Waals surface area contributed by atoms with Gasteiger partial charge in [0, 0.05) is 11.4 Å². The molecule has 1 aliphatic carbocycles. The Kier molecular flexibility index (Phi) is 9.51. The molecule has 140 valence electrons. The van der Waals surface area contributed by atoms with Crippen LogP contribution in [0.25, 0.3) is 0 Å². The largest absolute Gasteiger partial charge is 0.464 e. The molecule has 0 saturated heterocycles. The lowest BCUT2D eigenvalue weighted by atomic mass is 9.97. The quantitative estimate of drug-likeness (QED) is 0.348. The molecule has 1 aromatic rings. The number of carbonyl (C=O) groups excluding carboxylic acids is 1. The van der Waals surface area contributed by atoms with Gasteiger partial charge in [0.05, 0.1) is 12.7 Å². The van der Waals surface area contributed by atoms with Gasteiger partial charge in [0.25, 0.3) is 0 Å². The number of rotatable bonds is 10. The number of unbranched alkanes of at least 4 members (excludes halogenated alkanes) is 3. The third kappa shape index (κ3) is 7.47. The Morgan fingerprint density at radius 3 is 2.48 bits per heavy atom. The lowest BCUT2D eigenvalue weighted by Crippen LogP contribution is -2.28. The number of aliphatic hydroxyl groups is 1. The summed E-state index contributed by atoms with van der Waals surface area (Å²) in [6.07, 6.45) is 8.05. The average Bonchev–Trinajstić information content (AvgIpc) is 2.65. The van der Waals surface area contributed by atoms with E-state index in [4.69, 9.17) is 9.47 Å². The van der Waals surface area contributed by atoms with Crippen LogP contribution in [0.1, 0.15) is 63.0 Å². The zero-order valence-corrected chi connectivity index (χ0v) is 16.3. The van der Waals surface area contributed by atoms with Gasteiger partial charge in [-0.05, 0) is 37.7 Å². The van der Waals surface area contributed by atoms with Crippen molar-refractivity contribution in [3.05, 3.63) is 35.9 Å². The van der Waals surface area contributed by atoms with Gasteiger partial charge >= 0.3 is 5.97 Å². The van der Waals surface area contributed by atoms with Crippen molar-refractivity contribution in [2.24, 2.45) is 0 Å². The van der Waals surface area contributed by atoms with Crippen molar-refractivity contribution in [1.29, 1.82) is 0 Å². The number of aliphatic hydroxyl groups excluding tert-OH is 1. The van der Waals surface area contributed by atoms with E-state index >= 15 is 0 Å². The van der Waals surface area contributed by atoms with Gasteiger partial charge in [0.15, 0.2) is 6.10 Å². The van der Waals surface area contributed by atoms with Gasteiger partial charge in [0.2, 0.25) is 0 Å². The molecule has 0 heterocycles. The first-order valence-corrected chi connectivity index (χ1v) is 10.3. The highest BCUT2D eigenvalue weighted by atomic mass is 79.9. The second kappa shape index (κ2) is 11.7. The Balaban J connectivity index is 1.47. The van der Waals surface area contributed by atoms with E-state index in [1.165, 1.54) is 19.3 Å². The van der Waals surface area contributed by atoms with E-state index in [0.717, 1.165) is 38.7 Å². The van der Waals surface area contributed by atoms with E-state index in [9.17, 15) is 9.90 Å². The van der Waals surface area contributed by atoms with Gasteiger partial charge in [-0.3, -0.25) is 0 Å². The summed E-state index contributed by atoms with van der Waals surface area (Å²) in [5, 5.41) is 9.91. The molecule has 0 aromatic heterocycles. The molecule has 1 saturated carbocycles. The van der Waals surface area contributed by atoms with Crippen LogP contribution >= 0.6 is 15.9 Å². The van der Waals surface area contributed by atoms with Crippen molar-refractivity contribution >= 4 is 21.9 Å². The Bertz CT molecular complexity index is 494. The molecule has 2 rings (SSSR count). The van der Waals surface area contributed by atoms with E-state index in [1.54, 1.807) is 24.3 Å². The average molecular weight is 413 g/mol. The second-order valence-corrected chi connectivity index (χ2v) is 7.78. The lowest BCUT2D eigenvalue weighted by molar-refractivity contribution is -0.154. The fourth-order valence-corrected chi connectivity index (χ4v) is 3.80. The van der Waals surface area contributed by atoms with Crippen LogP contribution in [0, 0.1) is 0 Å². The summed E-state index contributed by atoms with van der Waals surface area (Å²) in [6.45, 7) is 1.16.